The van der Waals surface area contributed by atoms with Crippen molar-refractivity contribution in [1.29, 1.82) is 0 Å². The van der Waals surface area contributed by atoms with E-state index in [-0.39, 0.29) is 5.91 Å². The molecule has 2 heterocycles. The third kappa shape index (κ3) is 4.69. The molecule has 0 saturated carbocycles. The van der Waals surface area contributed by atoms with Crippen LogP contribution in [0.2, 0.25) is 0 Å². The number of benzene rings is 2. The zero-order chi connectivity index (χ0) is 21.6. The van der Waals surface area contributed by atoms with Crippen LogP contribution in [0.4, 0.5) is 5.69 Å². The maximum absolute atomic E-state index is 12.9. The van der Waals surface area contributed by atoms with Gasteiger partial charge in [-0.25, -0.2) is 0 Å². The predicted molar refractivity (Wildman–Crippen MR) is 114 cm³/mol. The molecule has 1 amide bonds. The van der Waals surface area contributed by atoms with E-state index in [0.29, 0.717) is 40.9 Å². The molecule has 0 saturated heterocycles. The van der Waals surface area contributed by atoms with Crippen molar-refractivity contribution in [2.75, 3.05) is 19.5 Å². The number of nitrogens with one attached hydrogen (secondary N) is 1. The number of para-hydroxylation sites is 1. The second-order valence-corrected chi connectivity index (χ2v) is 6.64. The molecule has 0 radical (unpaired) electrons. The van der Waals surface area contributed by atoms with E-state index in [4.69, 9.17) is 14.0 Å². The van der Waals surface area contributed by atoms with Crippen molar-refractivity contribution < 1.29 is 18.8 Å². The van der Waals surface area contributed by atoms with E-state index in [1.165, 1.54) is 14.2 Å². The topological polar surface area (TPSA) is 99.4 Å². The molecule has 31 heavy (non-hydrogen) atoms. The van der Waals surface area contributed by atoms with Crippen LogP contribution >= 0.6 is 0 Å². The zero-order valence-electron chi connectivity index (χ0n) is 17.0. The number of rotatable bonds is 7. The van der Waals surface area contributed by atoms with Crippen LogP contribution in [0, 0.1) is 0 Å². The molecule has 2 aromatic heterocycles. The highest BCUT2D eigenvalue weighted by Gasteiger charge is 2.15. The molecule has 0 aliphatic heterocycles. The normalized spacial score (nSPS) is 10.5. The van der Waals surface area contributed by atoms with Gasteiger partial charge in [-0.15, -0.1) is 0 Å². The first kappa shape index (κ1) is 20.1. The second kappa shape index (κ2) is 9.08. The molecule has 0 atom stereocenters. The first-order valence-electron chi connectivity index (χ1n) is 9.51. The van der Waals surface area contributed by atoms with Gasteiger partial charge >= 0.3 is 0 Å². The quantitative estimate of drug-likeness (QED) is 0.486. The minimum Gasteiger partial charge on any atom is -0.497 e. The summed E-state index contributed by atoms with van der Waals surface area (Å²) in [6, 6.07) is 16.1. The fourth-order valence-corrected chi connectivity index (χ4v) is 3.03. The summed E-state index contributed by atoms with van der Waals surface area (Å²) in [5.41, 5.74) is 2.68. The summed E-state index contributed by atoms with van der Waals surface area (Å²) in [5, 5.41) is 6.96. The Morgan fingerprint density at radius 1 is 1.03 bits per heavy atom. The minimum atomic E-state index is -0.286. The van der Waals surface area contributed by atoms with Gasteiger partial charge in [0.25, 0.3) is 5.91 Å². The average molecular weight is 416 g/mol. The third-order valence-electron chi connectivity index (χ3n) is 4.61. The molecule has 0 fully saturated rings. The molecule has 8 heteroatoms. The maximum atomic E-state index is 12.9. The van der Waals surface area contributed by atoms with Crippen LogP contribution in [-0.2, 0) is 6.42 Å². The van der Waals surface area contributed by atoms with Gasteiger partial charge in [0.1, 0.15) is 11.5 Å². The van der Waals surface area contributed by atoms with Crippen molar-refractivity contribution in [3.8, 4) is 22.9 Å². The minimum absolute atomic E-state index is 0.286. The van der Waals surface area contributed by atoms with Crippen LogP contribution < -0.4 is 14.8 Å². The van der Waals surface area contributed by atoms with E-state index in [1.54, 1.807) is 30.6 Å². The molecular weight excluding hydrogens is 396 g/mol. The van der Waals surface area contributed by atoms with Crippen LogP contribution in [0.1, 0.15) is 21.8 Å². The molecule has 1 N–H and O–H groups in total. The van der Waals surface area contributed by atoms with Gasteiger partial charge in [-0.05, 0) is 35.9 Å². The maximum Gasteiger partial charge on any atom is 0.255 e. The standard InChI is InChI=1S/C23H20N4O4/c1-29-18-10-17(11-19(13-18)30-2)23(28)25-20-8-4-3-6-15(20)12-21-26-22(27-31-21)16-7-5-9-24-14-16/h3-11,13-14H,12H2,1-2H3,(H,25,28). The summed E-state index contributed by atoms with van der Waals surface area (Å²) >= 11 is 0. The Labute approximate surface area is 178 Å². The molecule has 0 unspecified atom stereocenters. The van der Waals surface area contributed by atoms with E-state index >= 15 is 0 Å². The van der Waals surface area contributed by atoms with Crippen molar-refractivity contribution >= 4 is 11.6 Å². The van der Waals surface area contributed by atoms with Gasteiger partial charge in [0.15, 0.2) is 0 Å². The Morgan fingerprint density at radius 2 is 1.81 bits per heavy atom. The molecule has 0 aliphatic rings. The molecule has 2 aromatic carbocycles. The molecule has 0 aliphatic carbocycles. The smallest absolute Gasteiger partial charge is 0.255 e. The number of methoxy groups -OCH3 is 2. The van der Waals surface area contributed by atoms with E-state index in [2.05, 4.69) is 20.4 Å². The number of amides is 1. The van der Waals surface area contributed by atoms with Gasteiger partial charge in [0, 0.05) is 35.3 Å². The lowest BCUT2D eigenvalue weighted by Crippen LogP contribution is -2.13. The Balaban J connectivity index is 1.54. The molecule has 8 nitrogen and oxygen atoms in total. The molecule has 0 bridgehead atoms. The largest absolute Gasteiger partial charge is 0.497 e. The molecule has 0 spiro atoms. The number of carbonyl (C=O) groups is 1. The number of nitrogens with zero attached hydrogens (tertiary/aromatic N) is 3. The Morgan fingerprint density at radius 3 is 2.52 bits per heavy atom. The van der Waals surface area contributed by atoms with Crippen molar-refractivity contribution in [2.45, 2.75) is 6.42 Å². The van der Waals surface area contributed by atoms with Crippen molar-refractivity contribution in [3.63, 3.8) is 0 Å². The van der Waals surface area contributed by atoms with Gasteiger partial charge in [-0.3, -0.25) is 9.78 Å². The molecule has 4 rings (SSSR count). The fourth-order valence-electron chi connectivity index (χ4n) is 3.03. The van der Waals surface area contributed by atoms with Crippen molar-refractivity contribution in [1.82, 2.24) is 15.1 Å². The lowest BCUT2D eigenvalue weighted by Gasteiger charge is -2.11. The highest BCUT2D eigenvalue weighted by molar-refractivity contribution is 6.05. The van der Waals surface area contributed by atoms with E-state index in [1.807, 2.05) is 36.4 Å². The number of pyridine rings is 1. The van der Waals surface area contributed by atoms with Crippen LogP contribution in [0.25, 0.3) is 11.4 Å². The van der Waals surface area contributed by atoms with Gasteiger partial charge in [-0.1, -0.05) is 23.4 Å². The SMILES string of the molecule is COc1cc(OC)cc(C(=O)Nc2ccccc2Cc2nc(-c3cccnc3)no2)c1. The Hall–Kier alpha value is -4.20. The number of carbonyl (C=O) groups excluding carboxylic acids is 1. The second-order valence-electron chi connectivity index (χ2n) is 6.64. The van der Waals surface area contributed by atoms with Gasteiger partial charge < -0.3 is 19.3 Å². The van der Waals surface area contributed by atoms with Crippen LogP contribution in [0.3, 0.4) is 0 Å². The Bertz CT molecular complexity index is 1170. The zero-order valence-corrected chi connectivity index (χ0v) is 17.0. The lowest BCUT2D eigenvalue weighted by atomic mass is 10.1. The predicted octanol–water partition coefficient (Wildman–Crippen LogP) is 3.99. The summed E-state index contributed by atoms with van der Waals surface area (Å²) in [4.78, 5) is 21.4. The van der Waals surface area contributed by atoms with Crippen LogP contribution in [-0.4, -0.2) is 35.3 Å². The summed E-state index contributed by atoms with van der Waals surface area (Å²) in [6.07, 6.45) is 3.72. The van der Waals surface area contributed by atoms with E-state index in [9.17, 15) is 4.79 Å². The number of hydrogen-bond donors (Lipinski definition) is 1. The van der Waals surface area contributed by atoms with Crippen LogP contribution in [0.5, 0.6) is 11.5 Å². The van der Waals surface area contributed by atoms with Gasteiger partial charge in [0.05, 0.1) is 20.6 Å². The number of anilines is 1. The lowest BCUT2D eigenvalue weighted by molar-refractivity contribution is 0.102. The first-order valence-corrected chi connectivity index (χ1v) is 9.51. The van der Waals surface area contributed by atoms with E-state index < -0.39 is 0 Å². The van der Waals surface area contributed by atoms with Gasteiger partial charge in [0.2, 0.25) is 11.7 Å². The first-order chi connectivity index (χ1) is 15.2. The van der Waals surface area contributed by atoms with Crippen molar-refractivity contribution in [2.24, 2.45) is 0 Å². The average Bonchev–Trinajstić information content (AvgIpc) is 3.29. The van der Waals surface area contributed by atoms with Gasteiger partial charge in [-0.2, -0.15) is 4.98 Å². The number of aromatic nitrogens is 3. The van der Waals surface area contributed by atoms with E-state index in [0.717, 1.165) is 11.1 Å². The Kier molecular flexibility index (Phi) is 5.89. The molecule has 4 aromatic rings. The van der Waals surface area contributed by atoms with Crippen molar-refractivity contribution in [3.05, 3.63) is 84.0 Å². The number of hydrogen-bond acceptors (Lipinski definition) is 7. The molecular formula is C23H20N4O4. The summed E-state index contributed by atoms with van der Waals surface area (Å²) in [6.45, 7) is 0. The fraction of sp³-hybridized carbons (Fsp3) is 0.130. The monoisotopic (exact) mass is 416 g/mol. The molecule has 156 valence electrons. The summed E-state index contributed by atoms with van der Waals surface area (Å²) in [7, 11) is 3.08. The highest BCUT2D eigenvalue weighted by atomic mass is 16.5. The number of ether oxygens (including phenoxy) is 2. The summed E-state index contributed by atoms with van der Waals surface area (Å²) < 4.78 is 15.9. The summed E-state index contributed by atoms with van der Waals surface area (Å²) in [5.74, 6) is 1.68. The highest BCUT2D eigenvalue weighted by Crippen LogP contribution is 2.25. The van der Waals surface area contributed by atoms with Crippen LogP contribution in [0.15, 0.2) is 71.5 Å². The third-order valence-corrected chi connectivity index (χ3v) is 4.61.